The van der Waals surface area contributed by atoms with Crippen LogP contribution in [0.5, 0.6) is 0 Å². The molecular formula is C82H69N. The molecular weight excluding hydrogens is 999 g/mol. The summed E-state index contributed by atoms with van der Waals surface area (Å²) < 4.78 is 2.42. The van der Waals surface area contributed by atoms with Gasteiger partial charge in [-0.3, -0.25) is 0 Å². The minimum absolute atomic E-state index is 0.166. The average molecular weight is 1070 g/mol. The molecule has 0 radical (unpaired) electrons. The number of hydrogen-bond donors (Lipinski definition) is 0. The van der Waals surface area contributed by atoms with Gasteiger partial charge in [0.2, 0.25) is 0 Å². The number of rotatable bonds is 4. The van der Waals surface area contributed by atoms with Crippen molar-refractivity contribution in [1.29, 1.82) is 0 Å². The third-order valence-corrected chi connectivity index (χ3v) is 21.4. The van der Waals surface area contributed by atoms with Gasteiger partial charge < -0.3 is 4.57 Å². The number of nitrogens with zero attached hydrogens (tertiary/aromatic N) is 1. The van der Waals surface area contributed by atoms with Crippen LogP contribution in [-0.4, -0.2) is 4.57 Å². The molecule has 0 aliphatic heterocycles. The van der Waals surface area contributed by atoms with Crippen LogP contribution < -0.4 is 0 Å². The zero-order chi connectivity index (χ0) is 55.3. The molecule has 1 heteroatoms. The quantitative estimate of drug-likeness (QED) is 0.166. The highest BCUT2D eigenvalue weighted by Crippen LogP contribution is 2.57. The molecule has 11 aromatic rings. The van der Waals surface area contributed by atoms with E-state index in [1.807, 2.05) is 0 Å². The fourth-order valence-corrected chi connectivity index (χ4v) is 17.3. The van der Waals surface area contributed by atoms with Crippen LogP contribution in [0.1, 0.15) is 138 Å². The molecule has 0 bridgehead atoms. The minimum atomic E-state index is -0.195. The molecule has 6 aliphatic rings. The summed E-state index contributed by atoms with van der Waals surface area (Å²) >= 11 is 0. The van der Waals surface area contributed by atoms with E-state index in [4.69, 9.17) is 0 Å². The molecule has 0 saturated heterocycles. The van der Waals surface area contributed by atoms with E-state index >= 15 is 0 Å². The first-order chi connectivity index (χ1) is 40.7. The SMILES string of the molecule is CC1(C)c2cc3c(cc2CC2CCc4ccc(-c5ccc6c(c5)-c5ccccc5C(C5C=CC=CC5)CC6)cc4-c4cccc1c42)C(C)(C)c1cccc2c1C3CCc1ccc(-c3ccc4c(c3)c3ccccc3n4-c3ccccc3)cc1-2. The molecule has 1 heterocycles. The minimum Gasteiger partial charge on any atom is -0.309 e. The molecule has 0 spiro atoms. The van der Waals surface area contributed by atoms with Gasteiger partial charge in [0.15, 0.2) is 0 Å². The Hall–Kier alpha value is -8.52. The smallest absolute Gasteiger partial charge is 0.0541 e. The molecule has 1 nitrogen and oxygen atoms in total. The molecule has 1 aromatic heterocycles. The summed E-state index contributed by atoms with van der Waals surface area (Å²) in [6.07, 6.45) is 18.1. The Bertz CT molecular complexity index is 4590. The Kier molecular flexibility index (Phi) is 10.9. The molecule has 4 unspecified atom stereocenters. The molecule has 0 fully saturated rings. The van der Waals surface area contributed by atoms with Crippen molar-refractivity contribution in [2.45, 2.75) is 108 Å². The van der Waals surface area contributed by atoms with Crippen molar-refractivity contribution in [2.75, 3.05) is 0 Å². The molecule has 0 N–H and O–H groups in total. The fraction of sp³-hybridized carbons (Fsp3) is 0.220. The summed E-state index contributed by atoms with van der Waals surface area (Å²) in [4.78, 5) is 0. The summed E-state index contributed by atoms with van der Waals surface area (Å²) in [5.74, 6) is 1.81. The van der Waals surface area contributed by atoms with Crippen LogP contribution >= 0.6 is 0 Å². The summed E-state index contributed by atoms with van der Waals surface area (Å²) in [6, 6.07) is 78.5. The van der Waals surface area contributed by atoms with Crippen molar-refractivity contribution in [3.63, 3.8) is 0 Å². The normalized spacial score (nSPS) is 20.0. The number of allylic oxidation sites excluding steroid dienone is 4. The molecule has 10 aromatic carbocycles. The van der Waals surface area contributed by atoms with Crippen LogP contribution in [0.4, 0.5) is 0 Å². The topological polar surface area (TPSA) is 4.93 Å². The number of benzene rings is 10. The summed E-state index contributed by atoms with van der Waals surface area (Å²) in [5, 5.41) is 2.58. The molecule has 402 valence electrons. The number of hydrogen-bond acceptors (Lipinski definition) is 0. The van der Waals surface area contributed by atoms with E-state index in [-0.39, 0.29) is 10.8 Å². The number of aryl methyl sites for hydroxylation is 3. The number of aromatic nitrogens is 1. The van der Waals surface area contributed by atoms with Crippen molar-refractivity contribution in [1.82, 2.24) is 4.57 Å². The number of para-hydroxylation sites is 2. The van der Waals surface area contributed by atoms with Crippen molar-refractivity contribution in [2.24, 2.45) is 5.92 Å². The highest BCUT2D eigenvalue weighted by atomic mass is 15.0. The van der Waals surface area contributed by atoms with Gasteiger partial charge in [0.1, 0.15) is 0 Å². The Morgan fingerprint density at radius 1 is 0.398 bits per heavy atom. The third kappa shape index (κ3) is 7.45. The van der Waals surface area contributed by atoms with Crippen molar-refractivity contribution in [3.8, 4) is 61.3 Å². The Labute approximate surface area is 489 Å². The van der Waals surface area contributed by atoms with Gasteiger partial charge in [-0.15, -0.1) is 0 Å². The Morgan fingerprint density at radius 2 is 0.988 bits per heavy atom. The first-order valence-electron chi connectivity index (χ1n) is 31.0. The van der Waals surface area contributed by atoms with E-state index in [2.05, 4.69) is 257 Å². The predicted molar refractivity (Wildman–Crippen MR) is 347 cm³/mol. The molecule has 6 aliphatic carbocycles. The maximum absolute atomic E-state index is 2.75. The van der Waals surface area contributed by atoms with Gasteiger partial charge >= 0.3 is 0 Å². The second-order valence-corrected chi connectivity index (χ2v) is 26.4. The van der Waals surface area contributed by atoms with Crippen molar-refractivity contribution in [3.05, 3.63) is 291 Å². The van der Waals surface area contributed by atoms with Crippen LogP contribution in [0.3, 0.4) is 0 Å². The van der Waals surface area contributed by atoms with Gasteiger partial charge in [0.05, 0.1) is 11.0 Å². The van der Waals surface area contributed by atoms with E-state index in [0.29, 0.717) is 23.7 Å². The standard InChI is InChI=1S/C82H69N/c1-81(2)73-26-15-24-65-69-45-55(54-34-30-52-37-40-61(50-17-7-5-8-18-50)62-21-11-12-22-63(62)68(52)44-54)33-29-51(69)32-36-58(79(65)73)43-59-48-76-71(49-75(59)81)67-41-38-53-31-35-56(46-70(53)66-25-16-27-74(80(66)67)82(76,3)4)57-39-42-78-72(47-57)64-23-13-14-28-77(64)83(78)60-19-9-6-10-20-60/h5-17,19-31,33-35,39,42,44-50,58,61,67H,18,32,36-38,40-41,43H2,1-4H3. The Morgan fingerprint density at radius 3 is 1.72 bits per heavy atom. The largest absolute Gasteiger partial charge is 0.309 e. The van der Waals surface area contributed by atoms with E-state index in [9.17, 15) is 0 Å². The first kappa shape index (κ1) is 49.1. The molecule has 0 saturated carbocycles. The first-order valence-corrected chi connectivity index (χ1v) is 31.0. The van der Waals surface area contributed by atoms with Gasteiger partial charge in [0.25, 0.3) is 0 Å². The zero-order valence-electron chi connectivity index (χ0n) is 48.3. The lowest BCUT2D eigenvalue weighted by atomic mass is 9.62. The third-order valence-electron chi connectivity index (χ3n) is 21.4. The van der Waals surface area contributed by atoms with E-state index in [1.54, 1.807) is 22.3 Å². The van der Waals surface area contributed by atoms with Crippen LogP contribution in [0.25, 0.3) is 83.1 Å². The molecule has 0 amide bonds. The second-order valence-electron chi connectivity index (χ2n) is 26.4. The van der Waals surface area contributed by atoms with Crippen LogP contribution in [0.15, 0.2) is 224 Å². The van der Waals surface area contributed by atoms with Gasteiger partial charge in [-0.1, -0.05) is 204 Å². The number of fused-ring (bicyclic) bond motifs is 13. The fourth-order valence-electron chi connectivity index (χ4n) is 17.3. The summed E-state index contributed by atoms with van der Waals surface area (Å²) in [7, 11) is 0. The van der Waals surface area contributed by atoms with Crippen LogP contribution in [0, 0.1) is 5.92 Å². The average Bonchev–Trinajstić information content (AvgIpc) is 2.50. The van der Waals surface area contributed by atoms with E-state index < -0.39 is 0 Å². The van der Waals surface area contributed by atoms with Gasteiger partial charge in [-0.05, 0) is 240 Å². The lowest BCUT2D eigenvalue weighted by Gasteiger charge is -2.42. The predicted octanol–water partition coefficient (Wildman–Crippen LogP) is 20.9. The van der Waals surface area contributed by atoms with E-state index in [0.717, 1.165) is 44.9 Å². The lowest BCUT2D eigenvalue weighted by Crippen LogP contribution is -2.31. The maximum Gasteiger partial charge on any atom is 0.0541 e. The van der Waals surface area contributed by atoms with Crippen LogP contribution in [-0.2, 0) is 36.5 Å². The van der Waals surface area contributed by atoms with Crippen molar-refractivity contribution < 1.29 is 0 Å². The molecule has 4 atom stereocenters. The van der Waals surface area contributed by atoms with Gasteiger partial charge in [-0.2, -0.15) is 0 Å². The highest BCUT2D eigenvalue weighted by Gasteiger charge is 2.44. The second kappa shape index (κ2) is 18.5. The monoisotopic (exact) mass is 1070 g/mol. The Balaban J connectivity index is 0.740. The van der Waals surface area contributed by atoms with Crippen LogP contribution in [0.2, 0.25) is 0 Å². The zero-order valence-corrected chi connectivity index (χ0v) is 48.3. The molecule has 83 heavy (non-hydrogen) atoms. The van der Waals surface area contributed by atoms with E-state index in [1.165, 1.54) is 134 Å². The summed E-state index contributed by atoms with van der Waals surface area (Å²) in [5.41, 5.74) is 35.3. The van der Waals surface area contributed by atoms with Gasteiger partial charge in [-0.25, -0.2) is 0 Å². The van der Waals surface area contributed by atoms with Crippen molar-refractivity contribution >= 4 is 21.8 Å². The summed E-state index contributed by atoms with van der Waals surface area (Å²) in [6.45, 7) is 10.1. The molecule has 17 rings (SSSR count). The maximum atomic E-state index is 2.75. The van der Waals surface area contributed by atoms with Gasteiger partial charge in [0, 0.05) is 33.2 Å². The lowest BCUT2D eigenvalue weighted by molar-refractivity contribution is 0.481. The highest BCUT2D eigenvalue weighted by molar-refractivity contribution is 6.10.